The van der Waals surface area contributed by atoms with Crippen molar-refractivity contribution >= 4 is 17.3 Å². The maximum absolute atomic E-state index is 12.0. The van der Waals surface area contributed by atoms with Crippen LogP contribution in [0.15, 0.2) is 18.2 Å². The van der Waals surface area contributed by atoms with Crippen LogP contribution < -0.4 is 5.32 Å². The minimum absolute atomic E-state index is 0.0998. The average molecular weight is 292 g/mol. The highest BCUT2D eigenvalue weighted by Crippen LogP contribution is 2.29. The van der Waals surface area contributed by atoms with Gasteiger partial charge in [0.05, 0.1) is 10.6 Å². The number of amides is 1. The fourth-order valence-corrected chi connectivity index (χ4v) is 2.77. The molecule has 2 N–H and O–H groups in total. The normalized spacial score (nSPS) is 16.2. The number of carbonyl (C=O) groups is 1. The lowest BCUT2D eigenvalue weighted by Crippen LogP contribution is -2.16. The Bertz CT molecular complexity index is 522. The Hall–Kier alpha value is -2.11. The molecule has 0 heterocycles. The summed E-state index contributed by atoms with van der Waals surface area (Å²) in [6, 6.07) is 3.61. The highest BCUT2D eigenvalue weighted by atomic mass is 16.6. The smallest absolute Gasteiger partial charge is 0.271 e. The first-order chi connectivity index (χ1) is 10.1. The average Bonchev–Trinajstić information content (AvgIpc) is 2.69. The van der Waals surface area contributed by atoms with Gasteiger partial charge in [0.25, 0.3) is 5.69 Å². The van der Waals surface area contributed by atoms with Gasteiger partial charge in [-0.1, -0.05) is 25.7 Å². The summed E-state index contributed by atoms with van der Waals surface area (Å²) >= 11 is 0. The van der Waals surface area contributed by atoms with E-state index >= 15 is 0 Å². The Morgan fingerprint density at radius 3 is 2.57 bits per heavy atom. The molecule has 1 fully saturated rings. The number of phenolic OH excluding ortho intramolecular Hbond substituents is 1. The van der Waals surface area contributed by atoms with E-state index in [9.17, 15) is 20.0 Å². The van der Waals surface area contributed by atoms with Crippen LogP contribution in [0.2, 0.25) is 0 Å². The largest absolute Gasteiger partial charge is 0.506 e. The molecule has 2 rings (SSSR count). The zero-order chi connectivity index (χ0) is 15.2. The van der Waals surface area contributed by atoms with Gasteiger partial charge in [-0.05, 0) is 24.8 Å². The molecule has 0 aliphatic heterocycles. The fourth-order valence-electron chi connectivity index (χ4n) is 2.77. The number of benzene rings is 1. The second-order valence-electron chi connectivity index (χ2n) is 5.57. The van der Waals surface area contributed by atoms with Crippen molar-refractivity contribution in [3.05, 3.63) is 28.3 Å². The number of anilines is 1. The van der Waals surface area contributed by atoms with Crippen molar-refractivity contribution in [1.29, 1.82) is 0 Å². The maximum Gasteiger partial charge on any atom is 0.271 e. The van der Waals surface area contributed by atoms with Gasteiger partial charge in [-0.25, -0.2) is 0 Å². The number of rotatable bonds is 4. The first kappa shape index (κ1) is 15.3. The monoisotopic (exact) mass is 292 g/mol. The van der Waals surface area contributed by atoms with Crippen molar-refractivity contribution in [2.24, 2.45) is 5.92 Å². The summed E-state index contributed by atoms with van der Waals surface area (Å²) in [5.41, 5.74) is -0.0552. The van der Waals surface area contributed by atoms with Crippen LogP contribution in [0.5, 0.6) is 5.75 Å². The first-order valence-corrected chi connectivity index (χ1v) is 7.33. The van der Waals surface area contributed by atoms with Crippen LogP contribution in [0, 0.1) is 16.0 Å². The number of phenols is 1. The molecule has 0 aromatic heterocycles. The van der Waals surface area contributed by atoms with E-state index in [2.05, 4.69) is 5.32 Å². The lowest BCUT2D eigenvalue weighted by atomic mass is 9.96. The minimum atomic E-state index is -0.555. The Balaban J connectivity index is 1.98. The second kappa shape index (κ2) is 7.06. The third-order valence-corrected chi connectivity index (χ3v) is 3.91. The van der Waals surface area contributed by atoms with Crippen molar-refractivity contribution in [2.45, 2.75) is 44.9 Å². The number of nitro groups is 1. The molecule has 21 heavy (non-hydrogen) atoms. The van der Waals surface area contributed by atoms with E-state index in [1.54, 1.807) is 0 Å². The summed E-state index contributed by atoms with van der Waals surface area (Å²) in [6.45, 7) is 0. The van der Waals surface area contributed by atoms with Crippen LogP contribution in [-0.4, -0.2) is 15.9 Å². The topological polar surface area (TPSA) is 92.5 Å². The molecule has 114 valence electrons. The van der Waals surface area contributed by atoms with Gasteiger partial charge in [0.15, 0.2) is 0 Å². The molecule has 1 aliphatic rings. The van der Waals surface area contributed by atoms with Crippen molar-refractivity contribution in [2.75, 3.05) is 5.32 Å². The summed E-state index contributed by atoms with van der Waals surface area (Å²) < 4.78 is 0. The highest BCUT2D eigenvalue weighted by Gasteiger charge is 2.18. The maximum atomic E-state index is 12.0. The number of carbonyl (C=O) groups excluding carboxylic acids is 1. The predicted octanol–water partition coefficient (Wildman–Crippen LogP) is 3.60. The summed E-state index contributed by atoms with van der Waals surface area (Å²) in [5, 5.41) is 23.0. The molecule has 0 atom stereocenters. The molecule has 1 amide bonds. The van der Waals surface area contributed by atoms with Crippen LogP contribution in [0.1, 0.15) is 44.9 Å². The first-order valence-electron chi connectivity index (χ1n) is 7.33. The SMILES string of the molecule is O=C(CC1CCCCCC1)Nc1cc([N+](=O)[O-])ccc1O. The molecule has 6 heteroatoms. The lowest BCUT2D eigenvalue weighted by Gasteiger charge is -2.14. The molecule has 1 saturated carbocycles. The van der Waals surface area contributed by atoms with Gasteiger partial charge in [0, 0.05) is 18.6 Å². The van der Waals surface area contributed by atoms with Crippen molar-refractivity contribution < 1.29 is 14.8 Å². The van der Waals surface area contributed by atoms with E-state index in [0.29, 0.717) is 12.3 Å². The van der Waals surface area contributed by atoms with Gasteiger partial charge in [-0.3, -0.25) is 14.9 Å². The Kier molecular flexibility index (Phi) is 5.14. The minimum Gasteiger partial charge on any atom is -0.506 e. The van der Waals surface area contributed by atoms with Gasteiger partial charge in [-0.2, -0.15) is 0 Å². The Morgan fingerprint density at radius 2 is 1.95 bits per heavy atom. The zero-order valence-corrected chi connectivity index (χ0v) is 11.9. The van der Waals surface area contributed by atoms with Gasteiger partial charge in [0.1, 0.15) is 5.75 Å². The molecule has 0 saturated heterocycles. The molecule has 1 aromatic rings. The van der Waals surface area contributed by atoms with Crippen LogP contribution in [0.3, 0.4) is 0 Å². The second-order valence-corrected chi connectivity index (χ2v) is 5.57. The van der Waals surface area contributed by atoms with Crippen LogP contribution in [0.4, 0.5) is 11.4 Å². The summed E-state index contributed by atoms with van der Waals surface area (Å²) in [6.07, 6.45) is 7.26. The molecule has 1 aromatic carbocycles. The van der Waals surface area contributed by atoms with E-state index in [1.807, 2.05) is 0 Å². The summed E-state index contributed by atoms with van der Waals surface area (Å²) in [4.78, 5) is 22.2. The number of hydrogen-bond acceptors (Lipinski definition) is 4. The van der Waals surface area contributed by atoms with Crippen molar-refractivity contribution in [3.63, 3.8) is 0 Å². The van der Waals surface area contributed by atoms with Gasteiger partial charge in [-0.15, -0.1) is 0 Å². The Labute approximate surface area is 123 Å². The summed E-state index contributed by atoms with van der Waals surface area (Å²) in [7, 11) is 0. The number of hydrogen-bond donors (Lipinski definition) is 2. The van der Waals surface area contributed by atoms with Gasteiger partial charge in [0.2, 0.25) is 5.91 Å². The molecule has 0 spiro atoms. The quantitative estimate of drug-likeness (QED) is 0.384. The Morgan fingerprint density at radius 1 is 1.29 bits per heavy atom. The van der Waals surface area contributed by atoms with E-state index in [1.165, 1.54) is 31.0 Å². The molecule has 1 aliphatic carbocycles. The number of nitrogens with zero attached hydrogens (tertiary/aromatic N) is 1. The fraction of sp³-hybridized carbons (Fsp3) is 0.533. The van der Waals surface area contributed by atoms with Gasteiger partial charge < -0.3 is 10.4 Å². The molecule has 6 nitrogen and oxygen atoms in total. The van der Waals surface area contributed by atoms with E-state index < -0.39 is 4.92 Å². The predicted molar refractivity (Wildman–Crippen MR) is 79.2 cm³/mol. The third-order valence-electron chi connectivity index (χ3n) is 3.91. The van der Waals surface area contributed by atoms with E-state index in [4.69, 9.17) is 0 Å². The molecular formula is C15H20N2O4. The van der Waals surface area contributed by atoms with E-state index in [-0.39, 0.29) is 23.0 Å². The summed E-state index contributed by atoms with van der Waals surface area (Å²) in [5.74, 6) is 0.0147. The highest BCUT2D eigenvalue weighted by molar-refractivity contribution is 5.92. The third kappa shape index (κ3) is 4.44. The standard InChI is InChI=1S/C15H20N2O4/c18-14-8-7-12(17(20)21)10-13(14)16-15(19)9-11-5-3-1-2-4-6-11/h7-8,10-11,18H,1-6,9H2,(H,16,19). The number of non-ortho nitro benzene ring substituents is 1. The molecule has 0 bridgehead atoms. The molecule has 0 radical (unpaired) electrons. The molecular weight excluding hydrogens is 272 g/mol. The lowest BCUT2D eigenvalue weighted by molar-refractivity contribution is -0.384. The van der Waals surface area contributed by atoms with Crippen LogP contribution >= 0.6 is 0 Å². The zero-order valence-electron chi connectivity index (χ0n) is 11.9. The van der Waals surface area contributed by atoms with Crippen LogP contribution in [0.25, 0.3) is 0 Å². The van der Waals surface area contributed by atoms with Crippen molar-refractivity contribution in [1.82, 2.24) is 0 Å². The van der Waals surface area contributed by atoms with Gasteiger partial charge >= 0.3 is 0 Å². The number of nitrogens with one attached hydrogen (secondary N) is 1. The molecule has 0 unspecified atom stereocenters. The van der Waals surface area contributed by atoms with Crippen molar-refractivity contribution in [3.8, 4) is 5.75 Å². The number of nitro benzene ring substituents is 1. The van der Waals surface area contributed by atoms with Crippen LogP contribution in [-0.2, 0) is 4.79 Å². The van der Waals surface area contributed by atoms with E-state index in [0.717, 1.165) is 25.7 Å². The number of aromatic hydroxyl groups is 1.